The molecule has 0 amide bonds. The van der Waals surface area contributed by atoms with E-state index in [9.17, 15) is 9.90 Å². The van der Waals surface area contributed by atoms with E-state index in [0.29, 0.717) is 5.41 Å². The van der Waals surface area contributed by atoms with Gasteiger partial charge in [-0.15, -0.1) is 0 Å². The van der Waals surface area contributed by atoms with Crippen molar-refractivity contribution in [2.24, 2.45) is 10.8 Å². The van der Waals surface area contributed by atoms with Crippen molar-refractivity contribution < 1.29 is 9.90 Å². The summed E-state index contributed by atoms with van der Waals surface area (Å²) in [6.45, 7) is 12.8. The van der Waals surface area contributed by atoms with E-state index in [1.807, 2.05) is 13.8 Å². The van der Waals surface area contributed by atoms with E-state index in [-0.39, 0.29) is 0 Å². The van der Waals surface area contributed by atoms with Crippen LogP contribution >= 0.6 is 0 Å². The first-order chi connectivity index (χ1) is 13.5. The van der Waals surface area contributed by atoms with Crippen molar-refractivity contribution in [3.63, 3.8) is 0 Å². The van der Waals surface area contributed by atoms with Gasteiger partial charge in [-0.1, -0.05) is 83.1 Å². The number of aliphatic carboxylic acids is 1. The first-order valence-corrected chi connectivity index (χ1v) is 11.8. The van der Waals surface area contributed by atoms with Crippen LogP contribution in [-0.2, 0) is 17.6 Å². The number of benzene rings is 1. The third kappa shape index (κ3) is 11.5. The number of carboxylic acid groups (broad SMARTS) is 1. The van der Waals surface area contributed by atoms with Crippen LogP contribution < -0.4 is 0 Å². The van der Waals surface area contributed by atoms with Crippen LogP contribution in [0.5, 0.6) is 0 Å². The highest BCUT2D eigenvalue weighted by Crippen LogP contribution is 2.25. The van der Waals surface area contributed by atoms with Crippen LogP contribution in [0.3, 0.4) is 0 Å². The zero-order valence-electron chi connectivity index (χ0n) is 20.1. The van der Waals surface area contributed by atoms with E-state index in [2.05, 4.69) is 45.9 Å². The molecule has 0 bridgehead atoms. The molecule has 0 spiro atoms. The third-order valence-electron chi connectivity index (χ3n) is 6.06. The van der Waals surface area contributed by atoms with Crippen molar-refractivity contribution in [1.29, 1.82) is 0 Å². The van der Waals surface area contributed by atoms with E-state index in [1.165, 1.54) is 62.5 Å². The number of rotatable bonds is 14. The van der Waals surface area contributed by atoms with Gasteiger partial charge in [0.15, 0.2) is 0 Å². The molecule has 0 heterocycles. The maximum absolute atomic E-state index is 11.2. The highest BCUT2D eigenvalue weighted by atomic mass is 16.4. The summed E-state index contributed by atoms with van der Waals surface area (Å²) < 4.78 is 0. The Hall–Kier alpha value is -1.31. The smallest absolute Gasteiger partial charge is 0.309 e. The second-order valence-corrected chi connectivity index (χ2v) is 10.9. The van der Waals surface area contributed by atoms with Crippen LogP contribution in [0.1, 0.15) is 116 Å². The van der Waals surface area contributed by atoms with Gasteiger partial charge >= 0.3 is 5.97 Å². The standard InChI is InChI=1S/C27H46O2/c1-22-17-18-23(15-11-7-9-13-19-26(2,3)4)24(21-22)16-12-8-10-14-20-27(5,6)25(28)29/h17-18,21H,7-16,19-20H2,1-6H3,(H,28,29). The number of carboxylic acids is 1. The molecular formula is C27H46O2. The molecular weight excluding hydrogens is 356 g/mol. The fraction of sp³-hybridized carbons (Fsp3) is 0.741. The van der Waals surface area contributed by atoms with Crippen LogP contribution in [0.2, 0.25) is 0 Å². The van der Waals surface area contributed by atoms with Gasteiger partial charge in [0.1, 0.15) is 0 Å². The molecule has 0 aliphatic heterocycles. The van der Waals surface area contributed by atoms with Crippen molar-refractivity contribution in [1.82, 2.24) is 0 Å². The molecule has 166 valence electrons. The summed E-state index contributed by atoms with van der Waals surface area (Å²) in [4.78, 5) is 11.2. The zero-order valence-corrected chi connectivity index (χ0v) is 20.1. The summed E-state index contributed by atoms with van der Waals surface area (Å²) in [6.07, 6.45) is 14.3. The highest BCUT2D eigenvalue weighted by Gasteiger charge is 2.25. The SMILES string of the molecule is Cc1ccc(CCCCCCC(C)(C)C)c(CCCCCCC(C)(C)C(=O)O)c1. The number of hydrogen-bond acceptors (Lipinski definition) is 1. The topological polar surface area (TPSA) is 37.3 Å². The van der Waals surface area contributed by atoms with Gasteiger partial charge in [0.2, 0.25) is 0 Å². The molecule has 0 atom stereocenters. The molecule has 2 nitrogen and oxygen atoms in total. The molecule has 2 heteroatoms. The summed E-state index contributed by atoms with van der Waals surface area (Å²) in [5.74, 6) is -0.680. The van der Waals surface area contributed by atoms with Gasteiger partial charge in [0.05, 0.1) is 5.41 Å². The molecule has 0 radical (unpaired) electrons. The summed E-state index contributed by atoms with van der Waals surface area (Å²) in [6, 6.07) is 6.98. The van der Waals surface area contributed by atoms with Crippen LogP contribution in [0.25, 0.3) is 0 Å². The molecule has 0 saturated heterocycles. The summed E-state index contributed by atoms with van der Waals surface area (Å²) in [5, 5.41) is 9.20. The lowest BCUT2D eigenvalue weighted by molar-refractivity contribution is -0.147. The second-order valence-electron chi connectivity index (χ2n) is 10.9. The lowest BCUT2D eigenvalue weighted by Crippen LogP contribution is -2.23. The molecule has 0 unspecified atom stereocenters. The van der Waals surface area contributed by atoms with Gasteiger partial charge in [-0.3, -0.25) is 4.79 Å². The first-order valence-electron chi connectivity index (χ1n) is 11.8. The molecule has 0 saturated carbocycles. The number of carbonyl (C=O) groups is 1. The van der Waals surface area contributed by atoms with E-state index >= 15 is 0 Å². The van der Waals surface area contributed by atoms with Crippen molar-refractivity contribution in [2.45, 2.75) is 119 Å². The van der Waals surface area contributed by atoms with Gasteiger partial charge in [-0.05, 0) is 75.8 Å². The monoisotopic (exact) mass is 402 g/mol. The lowest BCUT2D eigenvalue weighted by Gasteiger charge is -2.18. The average molecular weight is 403 g/mol. The molecule has 0 aromatic heterocycles. The van der Waals surface area contributed by atoms with Gasteiger partial charge in [-0.2, -0.15) is 0 Å². The van der Waals surface area contributed by atoms with Crippen LogP contribution in [0.4, 0.5) is 0 Å². The van der Waals surface area contributed by atoms with Crippen molar-refractivity contribution in [3.05, 3.63) is 34.9 Å². The highest BCUT2D eigenvalue weighted by molar-refractivity contribution is 5.73. The van der Waals surface area contributed by atoms with Gasteiger partial charge in [0, 0.05) is 0 Å². The summed E-state index contributed by atoms with van der Waals surface area (Å²) in [5.41, 5.74) is 4.31. The van der Waals surface area contributed by atoms with Crippen LogP contribution in [0, 0.1) is 17.8 Å². The molecule has 1 aromatic carbocycles. The normalized spacial score (nSPS) is 12.3. The van der Waals surface area contributed by atoms with Crippen LogP contribution in [-0.4, -0.2) is 11.1 Å². The third-order valence-corrected chi connectivity index (χ3v) is 6.06. The maximum atomic E-state index is 11.2. The maximum Gasteiger partial charge on any atom is 0.309 e. The molecule has 1 N–H and O–H groups in total. The zero-order chi connectivity index (χ0) is 21.9. The Morgan fingerprint density at radius 3 is 1.83 bits per heavy atom. The van der Waals surface area contributed by atoms with Crippen LogP contribution in [0.15, 0.2) is 18.2 Å². The van der Waals surface area contributed by atoms with Crippen molar-refractivity contribution in [2.75, 3.05) is 0 Å². The van der Waals surface area contributed by atoms with Gasteiger partial charge in [0.25, 0.3) is 0 Å². The second kappa shape index (κ2) is 12.4. The molecule has 0 fully saturated rings. The lowest BCUT2D eigenvalue weighted by atomic mass is 9.87. The number of unbranched alkanes of at least 4 members (excludes halogenated alkanes) is 6. The fourth-order valence-electron chi connectivity index (χ4n) is 3.90. The molecule has 1 aromatic rings. The minimum Gasteiger partial charge on any atom is -0.481 e. The molecule has 1 rings (SSSR count). The number of aryl methyl sites for hydroxylation is 3. The summed E-state index contributed by atoms with van der Waals surface area (Å²) >= 11 is 0. The predicted octanol–water partition coefficient (Wildman–Crippen LogP) is 8.14. The number of hydrogen-bond donors (Lipinski definition) is 1. The largest absolute Gasteiger partial charge is 0.481 e. The quantitative estimate of drug-likeness (QED) is 0.319. The Morgan fingerprint density at radius 2 is 1.28 bits per heavy atom. The molecule has 0 aliphatic carbocycles. The Balaban J connectivity index is 2.33. The Labute approximate surface area is 180 Å². The van der Waals surface area contributed by atoms with E-state index < -0.39 is 11.4 Å². The van der Waals surface area contributed by atoms with Gasteiger partial charge in [-0.25, -0.2) is 0 Å². The van der Waals surface area contributed by atoms with Crippen molar-refractivity contribution in [3.8, 4) is 0 Å². The minimum atomic E-state index is -0.680. The predicted molar refractivity (Wildman–Crippen MR) is 126 cm³/mol. The minimum absolute atomic E-state index is 0.466. The van der Waals surface area contributed by atoms with E-state index in [4.69, 9.17) is 0 Å². The summed E-state index contributed by atoms with van der Waals surface area (Å²) in [7, 11) is 0. The molecule has 0 aliphatic rings. The van der Waals surface area contributed by atoms with E-state index in [1.54, 1.807) is 5.56 Å². The fourth-order valence-corrected chi connectivity index (χ4v) is 3.90. The Morgan fingerprint density at radius 1 is 0.759 bits per heavy atom. The Bertz CT molecular complexity index is 607. The first kappa shape index (κ1) is 25.7. The average Bonchev–Trinajstić information content (AvgIpc) is 2.61. The Kier molecular flexibility index (Phi) is 11.0. The van der Waals surface area contributed by atoms with Gasteiger partial charge < -0.3 is 5.11 Å². The molecule has 29 heavy (non-hydrogen) atoms. The van der Waals surface area contributed by atoms with Crippen molar-refractivity contribution >= 4 is 5.97 Å². The van der Waals surface area contributed by atoms with E-state index in [0.717, 1.165) is 25.7 Å².